The van der Waals surface area contributed by atoms with Crippen LogP contribution in [0.3, 0.4) is 0 Å². The molecule has 0 saturated heterocycles. The largest absolute Gasteiger partial charge is 0.358 e. The van der Waals surface area contributed by atoms with Crippen molar-refractivity contribution in [1.82, 2.24) is 24.9 Å². The second kappa shape index (κ2) is 130. The summed E-state index contributed by atoms with van der Waals surface area (Å²) in [5, 5.41) is 0. The molecule has 0 amide bonds. The van der Waals surface area contributed by atoms with Crippen molar-refractivity contribution in [2.45, 2.75) is 111 Å². The van der Waals surface area contributed by atoms with Gasteiger partial charge in [0.25, 0.3) is 0 Å². The third kappa shape index (κ3) is 119. The van der Waals surface area contributed by atoms with E-state index in [0.717, 1.165) is 0 Å². The number of hydrogen-bond acceptors (Lipinski definition) is 5. The van der Waals surface area contributed by atoms with Gasteiger partial charge in [-0.05, 0) is 6.07 Å². The van der Waals surface area contributed by atoms with E-state index >= 15 is 0 Å². The Labute approximate surface area is 254 Å². The molecule has 0 fully saturated rings. The molecule has 6 heteroatoms. The number of aromatic nitrogens is 5. The molecule has 0 aliphatic heterocycles. The Morgan fingerprint density at radius 3 is 0.528 bits per heavy atom. The Morgan fingerprint density at radius 2 is 0.444 bits per heavy atom. The summed E-state index contributed by atoms with van der Waals surface area (Å²) >= 11 is 0. The Kier molecular flexibility index (Phi) is 233. The zero-order valence-electron chi connectivity index (χ0n) is 27.3. The summed E-state index contributed by atoms with van der Waals surface area (Å²) in [6, 6.07) is 13.8. The molecule has 0 bridgehead atoms. The maximum absolute atomic E-state index is 3.67. The van der Waals surface area contributed by atoms with Gasteiger partial charge in [-0.2, -0.15) is 0 Å². The van der Waals surface area contributed by atoms with Crippen LogP contribution in [0.25, 0.3) is 0 Å². The van der Waals surface area contributed by atoms with Crippen LogP contribution >= 0.6 is 0 Å². The number of hydrogen-bond donors (Lipinski definition) is 0. The van der Waals surface area contributed by atoms with Gasteiger partial charge in [-0.1, -0.05) is 147 Å². The van der Waals surface area contributed by atoms with Gasteiger partial charge in [0.05, 0.1) is 0 Å². The molecule has 3 aromatic rings. The Balaban J connectivity index is -0.0000000271. The van der Waals surface area contributed by atoms with Crippen LogP contribution in [0.1, 0.15) is 111 Å². The predicted octanol–water partition coefficient (Wildman–Crippen LogP) is 10.7. The topological polar surface area (TPSA) is 64.5 Å². The summed E-state index contributed by atoms with van der Waals surface area (Å²) in [6.45, 7) is 32.0. The first-order chi connectivity index (χ1) is 17.0. The summed E-state index contributed by atoms with van der Waals surface area (Å²) in [4.78, 5) is 18.0. The summed E-state index contributed by atoms with van der Waals surface area (Å²) in [6.07, 6.45) is 9.19. The van der Waals surface area contributed by atoms with Gasteiger partial charge in [0.2, 0.25) is 0 Å². The van der Waals surface area contributed by atoms with Gasteiger partial charge >= 0.3 is 0 Å². The van der Waals surface area contributed by atoms with E-state index < -0.39 is 0 Å². The molecule has 213 valence electrons. The van der Waals surface area contributed by atoms with E-state index in [1.807, 2.05) is 147 Å². The summed E-state index contributed by atoms with van der Waals surface area (Å²) in [7, 11) is 0. The van der Waals surface area contributed by atoms with Crippen LogP contribution in [0.4, 0.5) is 0 Å². The van der Waals surface area contributed by atoms with Crippen molar-refractivity contribution in [3.63, 3.8) is 0 Å². The molecular formula is C30H64N5Y-. The van der Waals surface area contributed by atoms with E-state index in [4.69, 9.17) is 0 Å². The molecule has 0 aliphatic rings. The molecule has 1 aromatic carbocycles. The molecule has 0 atom stereocenters. The van der Waals surface area contributed by atoms with Crippen LogP contribution in [-0.4, -0.2) is 24.9 Å². The molecule has 1 radical (unpaired) electrons. The fraction of sp³-hybridized carbons (Fsp3) is 0.533. The summed E-state index contributed by atoms with van der Waals surface area (Å²) in [5.74, 6) is 0. The van der Waals surface area contributed by atoms with Gasteiger partial charge in [0.15, 0.2) is 0 Å². The first kappa shape index (κ1) is 64.5. The van der Waals surface area contributed by atoms with Gasteiger partial charge in [-0.15, -0.1) is 0 Å². The normalized spacial score (nSPS) is 5.33. The molecule has 0 saturated carbocycles. The van der Waals surface area contributed by atoms with Gasteiger partial charge in [-0.25, -0.2) is 24.9 Å². The second-order valence-electron chi connectivity index (χ2n) is 2.85. The van der Waals surface area contributed by atoms with E-state index in [9.17, 15) is 0 Å². The third-order valence-electron chi connectivity index (χ3n) is 1.54. The van der Waals surface area contributed by atoms with Crippen molar-refractivity contribution in [2.75, 3.05) is 0 Å². The minimum absolute atomic E-state index is 0. The number of rotatable bonds is 0. The SMILES string of the molecule is CC.CC.CC.CC.CC.CC.CC.CC.[CH3-].[Y].c1ccccc1.c1cncnc1.c1ncncn1. The Bertz CT molecular complexity index is 318. The van der Waals surface area contributed by atoms with Crippen molar-refractivity contribution >= 4 is 0 Å². The molecular weight excluding hydrogens is 519 g/mol. The van der Waals surface area contributed by atoms with E-state index in [0.29, 0.717) is 0 Å². The van der Waals surface area contributed by atoms with E-state index in [2.05, 4.69) is 24.9 Å². The number of nitrogens with zero attached hydrogens (tertiary/aromatic N) is 5. The van der Waals surface area contributed by atoms with Gasteiger partial charge in [0, 0.05) is 45.1 Å². The van der Waals surface area contributed by atoms with Crippen LogP contribution in [0, 0.1) is 7.43 Å². The molecule has 5 nitrogen and oxygen atoms in total. The van der Waals surface area contributed by atoms with E-state index in [1.54, 1.807) is 18.5 Å². The van der Waals surface area contributed by atoms with Crippen LogP contribution < -0.4 is 0 Å². The van der Waals surface area contributed by atoms with Crippen molar-refractivity contribution < 1.29 is 32.7 Å². The molecule has 3 rings (SSSR count). The fourth-order valence-corrected chi connectivity index (χ4v) is 0.843. The average molecular weight is 584 g/mol. The molecule has 0 spiro atoms. The quantitative estimate of drug-likeness (QED) is 0.246. The van der Waals surface area contributed by atoms with Crippen molar-refractivity contribution in [2.24, 2.45) is 0 Å². The van der Waals surface area contributed by atoms with E-state index in [1.165, 1.54) is 25.3 Å². The van der Waals surface area contributed by atoms with Crippen molar-refractivity contribution in [3.8, 4) is 0 Å². The molecule has 2 aromatic heterocycles. The van der Waals surface area contributed by atoms with Gasteiger partial charge < -0.3 is 7.43 Å². The minimum Gasteiger partial charge on any atom is -0.358 e. The van der Waals surface area contributed by atoms with Crippen molar-refractivity contribution in [1.29, 1.82) is 0 Å². The smallest absolute Gasteiger partial charge is 0.119 e. The Morgan fingerprint density at radius 1 is 0.278 bits per heavy atom. The third-order valence-corrected chi connectivity index (χ3v) is 1.54. The summed E-state index contributed by atoms with van der Waals surface area (Å²) in [5.41, 5.74) is 0. The van der Waals surface area contributed by atoms with Crippen LogP contribution in [-0.2, 0) is 32.7 Å². The monoisotopic (exact) mass is 583 g/mol. The molecule has 0 aliphatic carbocycles. The molecule has 0 N–H and O–H groups in total. The zero-order valence-corrected chi connectivity index (χ0v) is 30.2. The summed E-state index contributed by atoms with van der Waals surface area (Å²) < 4.78 is 0. The van der Waals surface area contributed by atoms with Crippen molar-refractivity contribution in [3.05, 3.63) is 87.6 Å². The van der Waals surface area contributed by atoms with Gasteiger partial charge in [0.1, 0.15) is 25.3 Å². The van der Waals surface area contributed by atoms with Crippen LogP contribution in [0.5, 0.6) is 0 Å². The maximum Gasteiger partial charge on any atom is 0.119 e. The predicted molar refractivity (Wildman–Crippen MR) is 165 cm³/mol. The number of benzene rings is 1. The first-order valence-electron chi connectivity index (χ1n) is 13.2. The Hall–Kier alpha value is -1.59. The fourth-order valence-electron chi connectivity index (χ4n) is 0.843. The van der Waals surface area contributed by atoms with E-state index in [-0.39, 0.29) is 40.1 Å². The van der Waals surface area contributed by atoms with Crippen LogP contribution in [0.15, 0.2) is 80.2 Å². The van der Waals surface area contributed by atoms with Gasteiger partial charge in [-0.3, -0.25) is 0 Å². The maximum atomic E-state index is 3.67. The molecule has 0 unspecified atom stereocenters. The first-order valence-corrected chi connectivity index (χ1v) is 13.2. The zero-order chi connectivity index (χ0) is 28.7. The molecule has 36 heavy (non-hydrogen) atoms. The van der Waals surface area contributed by atoms with Crippen LogP contribution in [0.2, 0.25) is 0 Å². The average Bonchev–Trinajstić information content (AvgIpc) is 3.04. The molecule has 2 heterocycles. The standard InChI is InChI=1S/C6H6.C4H4N2.C3H3N3.8C2H6.CH3.Y/c1-2-4-6-5-3-1;1-2-5-4-6-3-1;1-4-2-6-3-5-1;8*1-2;;/h1-6H;1-4H;1-3H;8*1-2H3;1H3;/q;;;;;;;;;;;-1;. The minimum atomic E-state index is 0. The second-order valence-corrected chi connectivity index (χ2v) is 2.85.